The molecule has 0 spiro atoms. The molecule has 0 unspecified atom stereocenters. The van der Waals surface area contributed by atoms with Crippen molar-refractivity contribution < 1.29 is 8.42 Å². The van der Waals surface area contributed by atoms with Crippen LogP contribution in [0, 0.1) is 10.8 Å². The second-order valence-corrected chi connectivity index (χ2v) is 8.90. The first-order valence-corrected chi connectivity index (χ1v) is 8.85. The van der Waals surface area contributed by atoms with Gasteiger partial charge in [-0.2, -0.15) is 0 Å². The quantitative estimate of drug-likeness (QED) is 0.872. The second-order valence-electron chi connectivity index (χ2n) is 6.78. The predicted octanol–water partition coefficient (Wildman–Crippen LogP) is 2.77. The van der Waals surface area contributed by atoms with E-state index in [1.165, 1.54) is 0 Å². The molecule has 0 atom stereocenters. The summed E-state index contributed by atoms with van der Waals surface area (Å²) < 4.78 is 27.9. The Morgan fingerprint density at radius 3 is 2.24 bits per heavy atom. The van der Waals surface area contributed by atoms with E-state index in [1.807, 2.05) is 0 Å². The maximum absolute atomic E-state index is 12.6. The summed E-state index contributed by atoms with van der Waals surface area (Å²) in [5, 5.41) is 3.55. The van der Waals surface area contributed by atoms with Gasteiger partial charge in [-0.1, -0.05) is 39.3 Å². The Kier molecular flexibility index (Phi) is 4.17. The van der Waals surface area contributed by atoms with Crippen LogP contribution in [0.2, 0.25) is 5.02 Å². The normalized spacial score (nSPS) is 20.5. The lowest BCUT2D eigenvalue weighted by atomic mass is 10.0. The molecule has 1 fully saturated rings. The molecule has 0 bridgehead atoms. The molecule has 1 aromatic rings. The summed E-state index contributed by atoms with van der Waals surface area (Å²) in [4.78, 5) is 0.260. The number of benzene rings is 1. The average molecular weight is 331 g/mol. The highest BCUT2D eigenvalue weighted by Crippen LogP contribution is 2.62. The molecule has 1 aromatic carbocycles. The molecule has 0 amide bonds. The first-order chi connectivity index (χ1) is 9.54. The Labute approximate surface area is 132 Å². The molecule has 0 aliphatic heterocycles. The first-order valence-electron chi connectivity index (χ1n) is 6.99. The lowest BCUT2D eigenvalue weighted by Gasteiger charge is -2.11. The average Bonchev–Trinajstić information content (AvgIpc) is 2.74. The van der Waals surface area contributed by atoms with Gasteiger partial charge in [0, 0.05) is 17.6 Å². The molecule has 2 N–H and O–H groups in total. The molecule has 1 saturated carbocycles. The number of rotatable bonds is 5. The lowest BCUT2D eigenvalue weighted by molar-refractivity contribution is 0.457. The zero-order chi connectivity index (χ0) is 16.1. The fraction of sp³-hybridized carbons (Fsp3) is 0.600. The number of hydrogen-bond donors (Lipinski definition) is 2. The summed E-state index contributed by atoms with van der Waals surface area (Å²) in [5.74, 6) is 0. The molecule has 118 valence electrons. The number of halogens is 1. The van der Waals surface area contributed by atoms with Crippen LogP contribution >= 0.6 is 11.6 Å². The van der Waals surface area contributed by atoms with Crippen molar-refractivity contribution in [3.05, 3.63) is 28.8 Å². The van der Waals surface area contributed by atoms with Crippen molar-refractivity contribution in [2.75, 3.05) is 7.05 Å². The summed E-state index contributed by atoms with van der Waals surface area (Å²) in [6.07, 6.45) is 0. The van der Waals surface area contributed by atoms with Crippen molar-refractivity contribution in [1.82, 2.24) is 10.0 Å². The Morgan fingerprint density at radius 2 is 1.76 bits per heavy atom. The Balaban J connectivity index is 2.27. The van der Waals surface area contributed by atoms with Crippen molar-refractivity contribution >= 4 is 21.6 Å². The summed E-state index contributed by atoms with van der Waals surface area (Å²) in [6, 6.07) is 4.75. The van der Waals surface area contributed by atoms with Crippen LogP contribution in [0.15, 0.2) is 23.1 Å². The van der Waals surface area contributed by atoms with Crippen LogP contribution in [0.5, 0.6) is 0 Å². The van der Waals surface area contributed by atoms with Gasteiger partial charge in [0.2, 0.25) is 10.0 Å². The van der Waals surface area contributed by atoms with Gasteiger partial charge in [-0.05, 0) is 41.6 Å². The Morgan fingerprint density at radius 1 is 1.19 bits per heavy atom. The van der Waals surface area contributed by atoms with Gasteiger partial charge >= 0.3 is 0 Å². The molecule has 6 heteroatoms. The minimum Gasteiger partial charge on any atom is -0.316 e. The summed E-state index contributed by atoms with van der Waals surface area (Å²) in [6.45, 7) is 8.84. The third kappa shape index (κ3) is 2.84. The predicted molar refractivity (Wildman–Crippen MR) is 85.9 cm³/mol. The molecule has 0 radical (unpaired) electrons. The van der Waals surface area contributed by atoms with Gasteiger partial charge in [-0.25, -0.2) is 13.1 Å². The molecule has 4 nitrogen and oxygen atoms in total. The molecular formula is C15H23ClN2O2S. The molecular weight excluding hydrogens is 308 g/mol. The zero-order valence-corrected chi connectivity index (χ0v) is 14.7. The van der Waals surface area contributed by atoms with E-state index in [9.17, 15) is 8.42 Å². The van der Waals surface area contributed by atoms with Crippen LogP contribution in [0.1, 0.15) is 33.3 Å². The second kappa shape index (κ2) is 5.23. The maximum Gasteiger partial charge on any atom is 0.240 e. The van der Waals surface area contributed by atoms with Gasteiger partial charge in [-0.15, -0.1) is 0 Å². The monoisotopic (exact) mass is 330 g/mol. The highest BCUT2D eigenvalue weighted by atomic mass is 35.5. The smallest absolute Gasteiger partial charge is 0.240 e. The van der Waals surface area contributed by atoms with E-state index in [2.05, 4.69) is 37.7 Å². The van der Waals surface area contributed by atoms with Crippen LogP contribution in [0.4, 0.5) is 0 Å². The zero-order valence-electron chi connectivity index (χ0n) is 13.1. The summed E-state index contributed by atoms with van der Waals surface area (Å²) in [7, 11) is -1.74. The number of hydrogen-bond acceptors (Lipinski definition) is 3. The minimum absolute atomic E-state index is 0.0414. The summed E-state index contributed by atoms with van der Waals surface area (Å²) >= 11 is 6.08. The van der Waals surface area contributed by atoms with Gasteiger partial charge in [0.1, 0.15) is 0 Å². The van der Waals surface area contributed by atoms with Crippen molar-refractivity contribution in [3.8, 4) is 0 Å². The fourth-order valence-corrected chi connectivity index (χ4v) is 4.52. The topological polar surface area (TPSA) is 58.2 Å². The van der Waals surface area contributed by atoms with Gasteiger partial charge < -0.3 is 5.32 Å². The van der Waals surface area contributed by atoms with Crippen molar-refractivity contribution in [2.24, 2.45) is 10.8 Å². The number of nitrogens with one attached hydrogen (secondary N) is 2. The number of sulfonamides is 1. The van der Waals surface area contributed by atoms with E-state index in [4.69, 9.17) is 11.6 Å². The van der Waals surface area contributed by atoms with Crippen molar-refractivity contribution in [2.45, 2.75) is 45.2 Å². The van der Waals surface area contributed by atoms with Crippen LogP contribution in [0.3, 0.4) is 0 Å². The fourth-order valence-electron chi connectivity index (χ4n) is 2.76. The third-order valence-corrected chi connectivity index (χ3v) is 6.78. The van der Waals surface area contributed by atoms with Crippen molar-refractivity contribution in [1.29, 1.82) is 0 Å². The third-order valence-electron chi connectivity index (χ3n) is 4.99. The lowest BCUT2D eigenvalue weighted by Crippen LogP contribution is -2.30. The van der Waals surface area contributed by atoms with Crippen LogP contribution in [0.25, 0.3) is 0 Å². The molecule has 2 rings (SSSR count). The molecule has 0 aromatic heterocycles. The molecule has 0 heterocycles. The SMILES string of the molecule is CNCc1cc(S(=O)(=O)NC2C(C)(C)C2(C)C)ccc1Cl. The Bertz CT molecular complexity index is 640. The molecule has 21 heavy (non-hydrogen) atoms. The van der Waals surface area contributed by atoms with E-state index >= 15 is 0 Å². The molecule has 1 aliphatic carbocycles. The van der Waals surface area contributed by atoms with Crippen LogP contribution < -0.4 is 10.0 Å². The largest absolute Gasteiger partial charge is 0.316 e. The minimum atomic E-state index is -3.53. The highest BCUT2D eigenvalue weighted by Gasteiger charge is 2.66. The van der Waals surface area contributed by atoms with E-state index in [0.29, 0.717) is 11.6 Å². The standard InChI is InChI=1S/C15H23ClN2O2S/c1-14(2)13(15(14,3)4)18-21(19,20)11-6-7-12(16)10(8-11)9-17-5/h6-8,13,17-18H,9H2,1-5H3. The maximum atomic E-state index is 12.6. The summed E-state index contributed by atoms with van der Waals surface area (Å²) in [5.41, 5.74) is 0.692. The van der Waals surface area contributed by atoms with Crippen LogP contribution in [-0.4, -0.2) is 21.5 Å². The van der Waals surface area contributed by atoms with E-state index in [0.717, 1.165) is 5.56 Å². The van der Waals surface area contributed by atoms with Gasteiger partial charge in [0.05, 0.1) is 4.90 Å². The van der Waals surface area contributed by atoms with Gasteiger partial charge in [0.25, 0.3) is 0 Å². The molecule has 1 aliphatic rings. The van der Waals surface area contributed by atoms with Gasteiger partial charge in [0.15, 0.2) is 0 Å². The van der Waals surface area contributed by atoms with Gasteiger partial charge in [-0.3, -0.25) is 0 Å². The Hall–Kier alpha value is -0.620. The van der Waals surface area contributed by atoms with Crippen LogP contribution in [-0.2, 0) is 16.6 Å². The van der Waals surface area contributed by atoms with E-state index in [-0.39, 0.29) is 21.8 Å². The van der Waals surface area contributed by atoms with E-state index in [1.54, 1.807) is 25.2 Å². The van der Waals surface area contributed by atoms with E-state index < -0.39 is 10.0 Å². The van der Waals surface area contributed by atoms with Crippen molar-refractivity contribution in [3.63, 3.8) is 0 Å². The highest BCUT2D eigenvalue weighted by molar-refractivity contribution is 7.89. The molecule has 0 saturated heterocycles. The first kappa shape index (κ1) is 16.7.